The maximum atomic E-state index is 12.5. The van der Waals surface area contributed by atoms with Crippen LogP contribution in [0.15, 0.2) is 66.5 Å². The largest absolute Gasteiger partial charge is 0.447 e. The third kappa shape index (κ3) is 16.1. The summed E-state index contributed by atoms with van der Waals surface area (Å²) in [5.74, 6) is 0. The van der Waals surface area contributed by atoms with Crippen LogP contribution >= 0.6 is 11.6 Å². The van der Waals surface area contributed by atoms with Crippen molar-refractivity contribution in [3.63, 3.8) is 0 Å². The van der Waals surface area contributed by atoms with E-state index in [1.807, 2.05) is 90.2 Å². The third-order valence-corrected chi connectivity index (χ3v) is 7.14. The van der Waals surface area contributed by atoms with Crippen molar-refractivity contribution in [1.29, 1.82) is 0 Å². The van der Waals surface area contributed by atoms with Gasteiger partial charge in [-0.3, -0.25) is 0 Å². The lowest BCUT2D eigenvalue weighted by Crippen LogP contribution is -2.47. The number of benzene rings is 1. The van der Waals surface area contributed by atoms with Gasteiger partial charge in [-0.2, -0.15) is 0 Å². The molecule has 0 aromatic heterocycles. The van der Waals surface area contributed by atoms with Gasteiger partial charge in [0.05, 0.1) is 18.5 Å². The average molecular weight is 673 g/mol. The van der Waals surface area contributed by atoms with Gasteiger partial charge in [0.2, 0.25) is 0 Å². The fourth-order valence-corrected chi connectivity index (χ4v) is 4.70. The third-order valence-electron chi connectivity index (χ3n) is 6.91. The van der Waals surface area contributed by atoms with Crippen molar-refractivity contribution in [2.24, 2.45) is 4.99 Å². The summed E-state index contributed by atoms with van der Waals surface area (Å²) >= 11 is 6.34. The first-order chi connectivity index (χ1) is 22.6. The van der Waals surface area contributed by atoms with Crippen LogP contribution in [0.1, 0.15) is 65.0 Å². The van der Waals surface area contributed by atoms with Crippen molar-refractivity contribution >= 4 is 35.7 Å². The molecule has 10 nitrogen and oxygen atoms in total. The van der Waals surface area contributed by atoms with Gasteiger partial charge in [-0.1, -0.05) is 50.2 Å². The standard InChI is InChI=1S/C23H28ClN3O2.C8H16N2O2.C3H7N.C2H6/c1-4-6-7-16-8-9-18(24)12-21(16)20(5-2)22(17-13-25-15-27(3)14-17)26-23(28)29-19-10-11-19;1-7(2)12-8(11)10-5-3-9-4-6-10;1-3-4-2;1-2/h4-5,8-9,12-13,15,19,22H,1,6-7,10-11,14H2,2-3H3,(H,26,28);7,9H,3-6H2,1-2H3;3-4H,1H2,2H3;1-2H3/b20-5+;;;/t22-;;;/m0.../s1. The van der Waals surface area contributed by atoms with Gasteiger partial charge in [0.1, 0.15) is 6.10 Å². The number of alkyl carbamates (subject to hydrolysis) is 1. The van der Waals surface area contributed by atoms with E-state index in [4.69, 9.17) is 21.1 Å². The van der Waals surface area contributed by atoms with E-state index in [-0.39, 0.29) is 24.3 Å². The number of hydrogen-bond acceptors (Lipinski definition) is 8. The number of piperazine rings is 1. The topological polar surface area (TPSA) is 108 Å². The van der Waals surface area contributed by atoms with E-state index >= 15 is 0 Å². The molecule has 3 N–H and O–H groups in total. The summed E-state index contributed by atoms with van der Waals surface area (Å²) in [5, 5.41) is 9.60. The van der Waals surface area contributed by atoms with Crippen molar-refractivity contribution in [2.75, 3.05) is 46.8 Å². The van der Waals surface area contributed by atoms with E-state index in [2.05, 4.69) is 34.1 Å². The maximum Gasteiger partial charge on any atom is 0.410 e. The number of nitrogens with zero attached hydrogens (tertiary/aromatic N) is 3. The summed E-state index contributed by atoms with van der Waals surface area (Å²) in [6.45, 7) is 20.8. The fraction of sp³-hybridized carbons (Fsp3) is 0.528. The number of nitrogens with one attached hydrogen (secondary N) is 3. The van der Waals surface area contributed by atoms with E-state index in [0.29, 0.717) is 11.6 Å². The zero-order valence-electron chi connectivity index (χ0n) is 29.5. The first-order valence-corrected chi connectivity index (χ1v) is 16.9. The van der Waals surface area contributed by atoms with E-state index < -0.39 is 6.09 Å². The Balaban J connectivity index is 0.000000507. The van der Waals surface area contributed by atoms with Crippen molar-refractivity contribution in [3.05, 3.63) is 77.6 Å². The molecular formula is C36H57ClN6O4. The average Bonchev–Trinajstić information content (AvgIpc) is 3.89. The van der Waals surface area contributed by atoms with Gasteiger partial charge in [0.25, 0.3) is 0 Å². The molecule has 0 spiro atoms. The Morgan fingerprint density at radius 2 is 1.85 bits per heavy atom. The molecule has 0 unspecified atom stereocenters. The summed E-state index contributed by atoms with van der Waals surface area (Å²) in [6.07, 6.45) is 12.2. The Morgan fingerprint density at radius 1 is 1.19 bits per heavy atom. The van der Waals surface area contributed by atoms with Crippen LogP contribution in [0.5, 0.6) is 0 Å². The quantitative estimate of drug-likeness (QED) is 0.235. The van der Waals surface area contributed by atoms with E-state index in [0.717, 1.165) is 74.1 Å². The Morgan fingerprint density at radius 3 is 2.38 bits per heavy atom. The molecular weight excluding hydrogens is 616 g/mol. The number of ether oxygens (including phenoxy) is 2. The number of halogens is 1. The van der Waals surface area contributed by atoms with Crippen molar-refractivity contribution in [3.8, 4) is 0 Å². The number of aryl methyl sites for hydroxylation is 1. The highest BCUT2D eigenvalue weighted by molar-refractivity contribution is 6.30. The highest BCUT2D eigenvalue weighted by Gasteiger charge is 2.30. The first kappa shape index (κ1) is 41.3. The van der Waals surface area contributed by atoms with Crippen molar-refractivity contribution in [1.82, 2.24) is 25.8 Å². The van der Waals surface area contributed by atoms with Gasteiger partial charge in [-0.15, -0.1) is 6.58 Å². The van der Waals surface area contributed by atoms with E-state index in [9.17, 15) is 9.59 Å². The number of hydrogen-bond donors (Lipinski definition) is 3. The van der Waals surface area contributed by atoms with E-state index in [1.165, 1.54) is 0 Å². The van der Waals surface area contributed by atoms with Gasteiger partial charge < -0.3 is 35.2 Å². The van der Waals surface area contributed by atoms with E-state index in [1.54, 1.807) is 17.4 Å². The predicted molar refractivity (Wildman–Crippen MR) is 196 cm³/mol. The zero-order valence-corrected chi connectivity index (χ0v) is 30.2. The minimum Gasteiger partial charge on any atom is -0.447 e. The number of rotatable bonds is 10. The summed E-state index contributed by atoms with van der Waals surface area (Å²) in [5.41, 5.74) is 4.16. The molecule has 0 radical (unpaired) electrons. The number of amides is 2. The smallest absolute Gasteiger partial charge is 0.410 e. The number of aliphatic imine (C=N–C) groups is 1. The van der Waals surface area contributed by atoms with Gasteiger partial charge in [-0.25, -0.2) is 14.6 Å². The maximum absolute atomic E-state index is 12.5. The van der Waals surface area contributed by atoms with Crippen LogP contribution < -0.4 is 16.0 Å². The van der Waals surface area contributed by atoms with Crippen molar-refractivity contribution in [2.45, 2.75) is 78.6 Å². The van der Waals surface area contributed by atoms with Crippen LogP contribution in [0.3, 0.4) is 0 Å². The monoisotopic (exact) mass is 672 g/mol. The predicted octanol–water partition coefficient (Wildman–Crippen LogP) is 6.79. The molecule has 11 heteroatoms. The Hall–Kier alpha value is -3.76. The molecule has 2 amide bonds. The molecule has 4 rings (SSSR count). The van der Waals surface area contributed by atoms with Gasteiger partial charge >= 0.3 is 12.2 Å². The summed E-state index contributed by atoms with van der Waals surface area (Å²) in [7, 11) is 3.77. The molecule has 1 aromatic carbocycles. The van der Waals surface area contributed by atoms with Gasteiger partial charge in [-0.05, 0) is 87.1 Å². The molecule has 262 valence electrons. The molecule has 1 aromatic rings. The van der Waals surface area contributed by atoms with Crippen LogP contribution in [0.25, 0.3) is 5.57 Å². The normalized spacial score (nSPS) is 16.0. The van der Waals surface area contributed by atoms with Crippen LogP contribution in [-0.4, -0.2) is 93.4 Å². The lowest BCUT2D eigenvalue weighted by molar-refractivity contribution is 0.0732. The van der Waals surface area contributed by atoms with Gasteiger partial charge in [0.15, 0.2) is 0 Å². The Bertz CT molecular complexity index is 1210. The minimum absolute atomic E-state index is 0.0209. The second kappa shape index (κ2) is 23.5. The summed E-state index contributed by atoms with van der Waals surface area (Å²) in [6, 6.07) is 5.56. The number of carbonyl (C=O) groups excluding carboxylic acids is 2. The summed E-state index contributed by atoms with van der Waals surface area (Å²) < 4.78 is 10.5. The first-order valence-electron chi connectivity index (χ1n) is 16.5. The van der Waals surface area contributed by atoms with Crippen LogP contribution in [-0.2, 0) is 15.9 Å². The lowest BCUT2D eigenvalue weighted by atomic mass is 9.88. The molecule has 0 bridgehead atoms. The molecule has 2 fully saturated rings. The summed E-state index contributed by atoms with van der Waals surface area (Å²) in [4.78, 5) is 31.8. The van der Waals surface area contributed by atoms with Crippen LogP contribution in [0.2, 0.25) is 5.02 Å². The molecule has 1 aliphatic carbocycles. The van der Waals surface area contributed by atoms with Crippen LogP contribution in [0.4, 0.5) is 9.59 Å². The second-order valence-electron chi connectivity index (χ2n) is 11.1. The minimum atomic E-state index is -0.398. The molecule has 1 saturated heterocycles. The zero-order chi connectivity index (χ0) is 35.2. The highest BCUT2D eigenvalue weighted by atomic mass is 35.5. The fourth-order valence-electron chi connectivity index (χ4n) is 4.53. The van der Waals surface area contributed by atoms with Gasteiger partial charge in [0, 0.05) is 58.0 Å². The molecule has 1 atom stereocenters. The lowest BCUT2D eigenvalue weighted by Gasteiger charge is -2.29. The van der Waals surface area contributed by atoms with Crippen LogP contribution in [0, 0.1) is 0 Å². The number of carbonyl (C=O) groups is 2. The Labute approximate surface area is 288 Å². The Kier molecular flexibility index (Phi) is 20.7. The molecule has 2 heterocycles. The molecule has 1 saturated carbocycles. The molecule has 47 heavy (non-hydrogen) atoms. The highest BCUT2D eigenvalue weighted by Crippen LogP contribution is 2.31. The number of likely N-dealkylation sites (N-methyl/N-ethyl adjacent to an activating group) is 1. The second-order valence-corrected chi connectivity index (χ2v) is 11.5. The number of allylic oxidation sites excluding steroid dienone is 2. The van der Waals surface area contributed by atoms with Crippen molar-refractivity contribution < 1.29 is 19.1 Å². The molecule has 2 aliphatic heterocycles. The molecule has 3 aliphatic rings. The SMILES string of the molecule is C=CCCc1ccc(Cl)cc1/C(=C\C)[C@@H](NC(=O)OC1CC1)C1=CN=CN(C)C1.C=CNC.CC.CC(C)OC(=O)N1CCNCC1.